The number of amides is 1. The predicted molar refractivity (Wildman–Crippen MR) is 110 cm³/mol. The maximum atomic E-state index is 13.0. The number of hydrogen-bond donors (Lipinski definition) is 0. The zero-order valence-electron chi connectivity index (χ0n) is 16.2. The van der Waals surface area contributed by atoms with Crippen molar-refractivity contribution >= 4 is 23.5 Å². The van der Waals surface area contributed by atoms with E-state index in [1.54, 1.807) is 17.0 Å². The first-order chi connectivity index (χ1) is 13.5. The van der Waals surface area contributed by atoms with Gasteiger partial charge in [-0.2, -0.15) is 0 Å². The van der Waals surface area contributed by atoms with Gasteiger partial charge in [0.15, 0.2) is 0 Å². The average molecular weight is 398 g/mol. The van der Waals surface area contributed by atoms with Gasteiger partial charge in [0, 0.05) is 29.6 Å². The van der Waals surface area contributed by atoms with Gasteiger partial charge in [0.05, 0.1) is 5.57 Å². The summed E-state index contributed by atoms with van der Waals surface area (Å²) in [6.07, 6.45) is 1.07. The Morgan fingerprint density at radius 1 is 1.14 bits per heavy atom. The molecular formula is C23H24ClNO3. The van der Waals surface area contributed by atoms with Gasteiger partial charge in [-0.3, -0.25) is 4.79 Å². The summed E-state index contributed by atoms with van der Waals surface area (Å²) in [5, 5.41) is 0.618. The van der Waals surface area contributed by atoms with Crippen LogP contribution < -0.4 is 0 Å². The highest BCUT2D eigenvalue weighted by atomic mass is 35.5. The lowest BCUT2D eigenvalue weighted by Crippen LogP contribution is -2.38. The molecule has 0 aromatic heterocycles. The number of rotatable bonds is 6. The molecule has 1 amide bonds. The maximum Gasteiger partial charge on any atom is 0.336 e. The minimum atomic E-state index is -0.380. The number of carbonyl (C=O) groups excluding carboxylic acids is 2. The Kier molecular flexibility index (Phi) is 6.53. The fourth-order valence-corrected chi connectivity index (χ4v) is 3.68. The highest BCUT2D eigenvalue weighted by Crippen LogP contribution is 2.37. The van der Waals surface area contributed by atoms with Crippen molar-refractivity contribution in [3.8, 4) is 0 Å². The van der Waals surface area contributed by atoms with Crippen molar-refractivity contribution in [2.24, 2.45) is 0 Å². The van der Waals surface area contributed by atoms with Gasteiger partial charge in [0.25, 0.3) is 0 Å². The van der Waals surface area contributed by atoms with Crippen molar-refractivity contribution in [1.29, 1.82) is 0 Å². The summed E-state index contributed by atoms with van der Waals surface area (Å²) < 4.78 is 5.61. The van der Waals surface area contributed by atoms with Gasteiger partial charge >= 0.3 is 5.97 Å². The second-order valence-electron chi connectivity index (χ2n) is 6.91. The van der Waals surface area contributed by atoms with E-state index in [2.05, 4.69) is 0 Å². The highest BCUT2D eigenvalue weighted by molar-refractivity contribution is 6.30. The van der Waals surface area contributed by atoms with Crippen LogP contribution in [0.4, 0.5) is 0 Å². The Hall–Kier alpha value is -2.59. The number of esters is 1. The standard InChI is InChI=1S/C23H24ClNO3/c1-3-13-25-16(2)22(23(27)28-15-17-7-5-4-6-8-17)20(14-21(25)26)18-9-11-19(24)12-10-18/h4-12,20H,3,13-15H2,1-2H3. The lowest BCUT2D eigenvalue weighted by atomic mass is 9.83. The van der Waals surface area contributed by atoms with Crippen LogP contribution >= 0.6 is 11.6 Å². The minimum Gasteiger partial charge on any atom is -0.457 e. The molecule has 1 heterocycles. The number of ether oxygens (including phenoxy) is 1. The molecule has 0 radical (unpaired) electrons. The van der Waals surface area contributed by atoms with Crippen molar-refractivity contribution in [2.45, 2.75) is 39.2 Å². The van der Waals surface area contributed by atoms with E-state index in [0.29, 0.717) is 22.8 Å². The monoisotopic (exact) mass is 397 g/mol. The third-order valence-corrected chi connectivity index (χ3v) is 5.23. The van der Waals surface area contributed by atoms with E-state index in [0.717, 1.165) is 17.5 Å². The molecule has 0 saturated heterocycles. The third-order valence-electron chi connectivity index (χ3n) is 4.98. The normalized spacial score (nSPS) is 17.0. The van der Waals surface area contributed by atoms with Crippen LogP contribution in [0.15, 0.2) is 65.9 Å². The molecule has 4 nitrogen and oxygen atoms in total. The fraction of sp³-hybridized carbons (Fsp3) is 0.304. The van der Waals surface area contributed by atoms with Crippen molar-refractivity contribution in [3.63, 3.8) is 0 Å². The highest BCUT2D eigenvalue weighted by Gasteiger charge is 2.36. The lowest BCUT2D eigenvalue weighted by Gasteiger charge is -2.34. The summed E-state index contributed by atoms with van der Waals surface area (Å²) in [4.78, 5) is 27.5. The van der Waals surface area contributed by atoms with E-state index in [9.17, 15) is 9.59 Å². The summed E-state index contributed by atoms with van der Waals surface area (Å²) in [5.41, 5.74) is 3.04. The van der Waals surface area contributed by atoms with Crippen molar-refractivity contribution in [3.05, 3.63) is 82.0 Å². The van der Waals surface area contributed by atoms with E-state index < -0.39 is 0 Å². The first-order valence-corrected chi connectivity index (χ1v) is 9.86. The van der Waals surface area contributed by atoms with Crippen molar-refractivity contribution < 1.29 is 14.3 Å². The van der Waals surface area contributed by atoms with Gasteiger partial charge in [-0.25, -0.2) is 4.79 Å². The van der Waals surface area contributed by atoms with Gasteiger partial charge in [-0.15, -0.1) is 0 Å². The summed E-state index contributed by atoms with van der Waals surface area (Å²) >= 11 is 6.01. The summed E-state index contributed by atoms with van der Waals surface area (Å²) in [7, 11) is 0. The largest absolute Gasteiger partial charge is 0.457 e. The maximum absolute atomic E-state index is 13.0. The van der Waals surface area contributed by atoms with Crippen LogP contribution in [0, 0.1) is 0 Å². The molecule has 0 aliphatic carbocycles. The Labute approximate surface area is 170 Å². The van der Waals surface area contributed by atoms with Crippen LogP contribution in [-0.4, -0.2) is 23.3 Å². The lowest BCUT2D eigenvalue weighted by molar-refractivity contribution is -0.141. The first-order valence-electron chi connectivity index (χ1n) is 9.49. The van der Waals surface area contributed by atoms with Crippen LogP contribution in [0.3, 0.4) is 0 Å². The smallest absolute Gasteiger partial charge is 0.336 e. The topological polar surface area (TPSA) is 46.6 Å². The summed E-state index contributed by atoms with van der Waals surface area (Å²) in [5.74, 6) is -0.685. The van der Waals surface area contributed by atoms with Crippen LogP contribution in [-0.2, 0) is 20.9 Å². The van der Waals surface area contributed by atoms with E-state index >= 15 is 0 Å². The number of allylic oxidation sites excluding steroid dienone is 1. The van der Waals surface area contributed by atoms with Crippen molar-refractivity contribution in [2.75, 3.05) is 6.54 Å². The Morgan fingerprint density at radius 3 is 2.46 bits per heavy atom. The number of carbonyl (C=O) groups is 2. The molecule has 28 heavy (non-hydrogen) atoms. The molecular weight excluding hydrogens is 374 g/mol. The van der Waals surface area contributed by atoms with E-state index in [1.165, 1.54) is 0 Å². The Balaban J connectivity index is 1.92. The van der Waals surface area contributed by atoms with Crippen LogP contribution in [0.2, 0.25) is 5.02 Å². The molecule has 0 N–H and O–H groups in total. The van der Waals surface area contributed by atoms with Gasteiger partial charge in [-0.1, -0.05) is 61.0 Å². The van der Waals surface area contributed by atoms with Crippen LogP contribution in [0.25, 0.3) is 0 Å². The first kappa shape index (κ1) is 20.2. The molecule has 0 fully saturated rings. The molecule has 1 atom stereocenters. The van der Waals surface area contributed by atoms with E-state index in [-0.39, 0.29) is 30.8 Å². The zero-order valence-corrected chi connectivity index (χ0v) is 16.9. The van der Waals surface area contributed by atoms with Crippen molar-refractivity contribution in [1.82, 2.24) is 4.90 Å². The predicted octanol–water partition coefficient (Wildman–Crippen LogP) is 5.08. The third kappa shape index (κ3) is 4.45. The van der Waals surface area contributed by atoms with Gasteiger partial charge in [0.2, 0.25) is 5.91 Å². The van der Waals surface area contributed by atoms with Crippen LogP contribution in [0.5, 0.6) is 0 Å². The minimum absolute atomic E-state index is 0.0268. The number of hydrogen-bond acceptors (Lipinski definition) is 3. The number of halogens is 1. The molecule has 5 heteroatoms. The SMILES string of the molecule is CCCN1C(=O)CC(c2ccc(Cl)cc2)C(C(=O)OCc2ccccc2)=C1C. The number of benzene rings is 2. The molecule has 0 spiro atoms. The average Bonchev–Trinajstić information content (AvgIpc) is 2.70. The molecule has 3 rings (SSSR count). The molecule has 2 aromatic rings. The molecule has 0 bridgehead atoms. The quantitative estimate of drug-likeness (QED) is 0.638. The summed E-state index contributed by atoms with van der Waals surface area (Å²) in [6, 6.07) is 16.9. The molecule has 0 saturated carbocycles. The van der Waals surface area contributed by atoms with Crippen LogP contribution in [0.1, 0.15) is 43.7 Å². The molecule has 2 aromatic carbocycles. The Morgan fingerprint density at radius 2 is 1.82 bits per heavy atom. The van der Waals surface area contributed by atoms with Gasteiger partial charge in [-0.05, 0) is 36.6 Å². The fourth-order valence-electron chi connectivity index (χ4n) is 3.56. The summed E-state index contributed by atoms with van der Waals surface area (Å²) in [6.45, 7) is 4.63. The Bertz CT molecular complexity index is 874. The second-order valence-corrected chi connectivity index (χ2v) is 7.35. The molecule has 1 unspecified atom stereocenters. The second kappa shape index (κ2) is 9.07. The van der Waals surface area contributed by atoms with Gasteiger partial charge in [0.1, 0.15) is 6.61 Å². The molecule has 1 aliphatic rings. The zero-order chi connectivity index (χ0) is 20.1. The van der Waals surface area contributed by atoms with Gasteiger partial charge < -0.3 is 9.64 Å². The molecule has 146 valence electrons. The van der Waals surface area contributed by atoms with E-state index in [1.807, 2.05) is 56.3 Å². The molecule has 1 aliphatic heterocycles. The van der Waals surface area contributed by atoms with E-state index in [4.69, 9.17) is 16.3 Å². The number of nitrogens with zero attached hydrogens (tertiary/aromatic N) is 1.